The Kier molecular flexibility index (Phi) is 6.68. The fourth-order valence-corrected chi connectivity index (χ4v) is 2.82. The average Bonchev–Trinajstić information content (AvgIpc) is 2.59. The molecule has 8 heteroatoms. The summed E-state index contributed by atoms with van der Waals surface area (Å²) in [6, 6.07) is 2.02. The van der Waals surface area contributed by atoms with E-state index in [9.17, 15) is 18.4 Å². The summed E-state index contributed by atoms with van der Waals surface area (Å²) in [5, 5.41) is 8.35. The number of ether oxygens (including phenoxy) is 1. The minimum atomic E-state index is -0.662. The topological polar surface area (TPSA) is 79.5 Å². The Hall–Kier alpha value is -2.48. The average molecular weight is 367 g/mol. The van der Waals surface area contributed by atoms with Crippen LogP contribution in [-0.2, 0) is 9.53 Å². The summed E-state index contributed by atoms with van der Waals surface area (Å²) < 4.78 is 32.0. The van der Waals surface area contributed by atoms with Crippen LogP contribution in [0.1, 0.15) is 38.8 Å². The van der Waals surface area contributed by atoms with Crippen LogP contribution in [0.5, 0.6) is 0 Å². The predicted molar refractivity (Wildman–Crippen MR) is 92.2 cm³/mol. The van der Waals surface area contributed by atoms with Crippen LogP contribution in [0.3, 0.4) is 0 Å². The molecule has 142 valence electrons. The molecule has 0 spiro atoms. The van der Waals surface area contributed by atoms with Gasteiger partial charge in [0, 0.05) is 29.9 Å². The highest BCUT2D eigenvalue weighted by atomic mass is 19.1. The molecule has 3 N–H and O–H groups in total. The van der Waals surface area contributed by atoms with Crippen molar-refractivity contribution < 1.29 is 23.1 Å². The zero-order chi connectivity index (χ0) is 19.3. The van der Waals surface area contributed by atoms with Crippen LogP contribution in [0, 0.1) is 11.6 Å². The Morgan fingerprint density at radius 3 is 2.69 bits per heavy atom. The molecule has 0 unspecified atom stereocenters. The van der Waals surface area contributed by atoms with Gasteiger partial charge in [-0.2, -0.15) is 0 Å². The number of hydrogen-bond acceptors (Lipinski definition) is 4. The van der Waals surface area contributed by atoms with E-state index in [2.05, 4.69) is 16.0 Å². The number of amides is 2. The van der Waals surface area contributed by atoms with Crippen LogP contribution < -0.4 is 16.0 Å². The maximum Gasteiger partial charge on any atom is 0.337 e. The predicted octanol–water partition coefficient (Wildman–Crippen LogP) is 2.52. The van der Waals surface area contributed by atoms with E-state index >= 15 is 0 Å². The van der Waals surface area contributed by atoms with E-state index in [4.69, 9.17) is 4.74 Å². The summed E-state index contributed by atoms with van der Waals surface area (Å²) in [6.07, 6.45) is 0.521. The number of urea groups is 1. The normalized spacial score (nSPS) is 18.2. The van der Waals surface area contributed by atoms with Crippen LogP contribution in [-0.4, -0.2) is 31.2 Å². The largest absolute Gasteiger partial charge is 0.463 e. The molecule has 0 saturated carbocycles. The van der Waals surface area contributed by atoms with Gasteiger partial charge < -0.3 is 20.7 Å². The van der Waals surface area contributed by atoms with Crippen molar-refractivity contribution in [2.24, 2.45) is 0 Å². The molecule has 0 aliphatic carbocycles. The standard InChI is InChI=1S/C18H23F2N3O3/c1-4-14-16(17(24)26-5-2)15(23-18(25)22-14)9-21-10(3)12-7-6-11(19)8-13(12)20/h6-8,10,14,21H,4-5,9H2,1-3H3,(H2,22,23,25)/t10-,14-/m1/s1. The van der Waals surface area contributed by atoms with Crippen molar-refractivity contribution >= 4 is 12.0 Å². The third-order valence-electron chi connectivity index (χ3n) is 4.16. The molecule has 0 bridgehead atoms. The fourth-order valence-electron chi connectivity index (χ4n) is 2.82. The van der Waals surface area contributed by atoms with E-state index in [-0.39, 0.29) is 18.7 Å². The van der Waals surface area contributed by atoms with Crippen molar-refractivity contribution in [3.63, 3.8) is 0 Å². The molecule has 26 heavy (non-hydrogen) atoms. The second kappa shape index (κ2) is 8.75. The van der Waals surface area contributed by atoms with Crippen LogP contribution in [0.2, 0.25) is 0 Å². The molecule has 1 aliphatic heterocycles. The molecule has 1 aliphatic rings. The fraction of sp³-hybridized carbons (Fsp3) is 0.444. The first-order valence-corrected chi connectivity index (χ1v) is 8.53. The summed E-state index contributed by atoms with van der Waals surface area (Å²) >= 11 is 0. The maximum atomic E-state index is 13.9. The highest BCUT2D eigenvalue weighted by Gasteiger charge is 2.31. The van der Waals surface area contributed by atoms with Crippen LogP contribution in [0.25, 0.3) is 0 Å². The van der Waals surface area contributed by atoms with Crippen molar-refractivity contribution in [2.45, 2.75) is 39.3 Å². The van der Waals surface area contributed by atoms with E-state index in [0.717, 1.165) is 6.07 Å². The lowest BCUT2D eigenvalue weighted by Crippen LogP contribution is -2.52. The van der Waals surface area contributed by atoms with E-state index in [1.165, 1.54) is 12.1 Å². The zero-order valence-electron chi connectivity index (χ0n) is 15.0. The molecule has 0 radical (unpaired) electrons. The van der Waals surface area contributed by atoms with Crippen LogP contribution >= 0.6 is 0 Å². The first-order valence-electron chi connectivity index (χ1n) is 8.53. The van der Waals surface area contributed by atoms with E-state index < -0.39 is 35.7 Å². The number of carbonyl (C=O) groups excluding carboxylic acids is 2. The molecule has 2 rings (SSSR count). The smallest absolute Gasteiger partial charge is 0.337 e. The molecule has 0 saturated heterocycles. The maximum absolute atomic E-state index is 13.9. The SMILES string of the molecule is CCOC(=O)C1=C(CN[C@H](C)c2ccc(F)cc2F)NC(=O)N[C@@H]1CC. The Morgan fingerprint density at radius 2 is 2.08 bits per heavy atom. The Balaban J connectivity index is 2.21. The van der Waals surface area contributed by atoms with Crippen molar-refractivity contribution in [2.75, 3.05) is 13.2 Å². The molecule has 1 heterocycles. The Bertz CT molecular complexity index is 722. The number of carbonyl (C=O) groups is 2. The van der Waals surface area contributed by atoms with Crippen molar-refractivity contribution in [3.8, 4) is 0 Å². The van der Waals surface area contributed by atoms with Gasteiger partial charge in [-0.15, -0.1) is 0 Å². The molecule has 0 fully saturated rings. The second-order valence-corrected chi connectivity index (χ2v) is 5.94. The summed E-state index contributed by atoms with van der Waals surface area (Å²) in [5.74, 6) is -1.82. The summed E-state index contributed by atoms with van der Waals surface area (Å²) in [4.78, 5) is 24.1. The minimum Gasteiger partial charge on any atom is -0.463 e. The lowest BCUT2D eigenvalue weighted by molar-refractivity contribution is -0.139. The third-order valence-corrected chi connectivity index (χ3v) is 4.16. The number of hydrogen-bond donors (Lipinski definition) is 3. The number of rotatable bonds is 7. The molecule has 1 aromatic rings. The van der Waals surface area contributed by atoms with Crippen LogP contribution in [0.4, 0.5) is 13.6 Å². The van der Waals surface area contributed by atoms with Gasteiger partial charge in [-0.05, 0) is 26.3 Å². The van der Waals surface area contributed by atoms with Gasteiger partial charge in [0.05, 0.1) is 18.2 Å². The van der Waals surface area contributed by atoms with Gasteiger partial charge in [0.2, 0.25) is 0 Å². The number of benzene rings is 1. The summed E-state index contributed by atoms with van der Waals surface area (Å²) in [6.45, 7) is 5.59. The monoisotopic (exact) mass is 367 g/mol. The Morgan fingerprint density at radius 1 is 1.35 bits per heavy atom. The molecule has 2 atom stereocenters. The van der Waals surface area contributed by atoms with Gasteiger partial charge >= 0.3 is 12.0 Å². The highest BCUT2D eigenvalue weighted by molar-refractivity contribution is 5.94. The van der Waals surface area contributed by atoms with Gasteiger partial charge in [-0.1, -0.05) is 13.0 Å². The molecule has 1 aromatic carbocycles. The quantitative estimate of drug-likeness (QED) is 0.647. The van der Waals surface area contributed by atoms with E-state index in [0.29, 0.717) is 17.7 Å². The van der Waals surface area contributed by atoms with Crippen molar-refractivity contribution in [1.82, 2.24) is 16.0 Å². The lowest BCUT2D eigenvalue weighted by atomic mass is 9.99. The number of esters is 1. The molecular formula is C18H23F2N3O3. The van der Waals surface area contributed by atoms with Crippen molar-refractivity contribution in [3.05, 3.63) is 46.7 Å². The summed E-state index contributed by atoms with van der Waals surface area (Å²) in [7, 11) is 0. The van der Waals surface area contributed by atoms with Crippen LogP contribution in [0.15, 0.2) is 29.5 Å². The van der Waals surface area contributed by atoms with Crippen molar-refractivity contribution in [1.29, 1.82) is 0 Å². The minimum absolute atomic E-state index is 0.121. The zero-order valence-corrected chi connectivity index (χ0v) is 15.0. The lowest BCUT2D eigenvalue weighted by Gasteiger charge is -2.29. The second-order valence-electron chi connectivity index (χ2n) is 5.94. The van der Waals surface area contributed by atoms with Gasteiger partial charge in [0.15, 0.2) is 0 Å². The third kappa shape index (κ3) is 4.57. The van der Waals surface area contributed by atoms with E-state index in [1.54, 1.807) is 13.8 Å². The summed E-state index contributed by atoms with van der Waals surface area (Å²) in [5.41, 5.74) is 1.01. The first kappa shape index (κ1) is 19.8. The molecule has 6 nitrogen and oxygen atoms in total. The Labute approximate surface area is 151 Å². The van der Waals surface area contributed by atoms with Gasteiger partial charge in [0.25, 0.3) is 0 Å². The molecular weight excluding hydrogens is 344 g/mol. The number of halogens is 2. The molecule has 2 amide bonds. The first-order chi connectivity index (χ1) is 12.4. The van der Waals surface area contributed by atoms with E-state index in [1.807, 2.05) is 6.92 Å². The van der Waals surface area contributed by atoms with Gasteiger partial charge in [0.1, 0.15) is 11.6 Å². The number of nitrogens with one attached hydrogen (secondary N) is 3. The van der Waals surface area contributed by atoms with Gasteiger partial charge in [-0.25, -0.2) is 18.4 Å². The van der Waals surface area contributed by atoms with Gasteiger partial charge in [-0.3, -0.25) is 0 Å². The molecule has 0 aromatic heterocycles. The highest BCUT2D eigenvalue weighted by Crippen LogP contribution is 2.20.